The van der Waals surface area contributed by atoms with Crippen LogP contribution in [0.15, 0.2) is 71.7 Å². The number of methoxy groups -OCH3 is 1. The summed E-state index contributed by atoms with van der Waals surface area (Å²) < 4.78 is 17.0. The molecular weight excluding hydrogens is 603 g/mol. The van der Waals surface area contributed by atoms with Gasteiger partial charge in [-0.2, -0.15) is 0 Å². The van der Waals surface area contributed by atoms with Crippen molar-refractivity contribution >= 4 is 41.0 Å². The second kappa shape index (κ2) is 14.3. The number of hydrogen-bond donors (Lipinski definition) is 1. The monoisotopic (exact) mass is 638 g/mol. The maximum absolute atomic E-state index is 14.2. The summed E-state index contributed by atoms with van der Waals surface area (Å²) >= 11 is 12.5. The number of amidine groups is 1. The van der Waals surface area contributed by atoms with Gasteiger partial charge in [-0.1, -0.05) is 47.5 Å². The molecule has 0 bridgehead atoms. The van der Waals surface area contributed by atoms with E-state index in [0.717, 1.165) is 11.1 Å². The molecule has 0 radical (unpaired) electrons. The van der Waals surface area contributed by atoms with Gasteiger partial charge in [0.2, 0.25) is 5.91 Å². The Balaban J connectivity index is 1.55. The SMILES string of the molecule is COc1ccc(C2=N[C@H](c3ccc(Cl)cc3)[C@H](c3ccc(Cl)cc3)N2C(=O)NCCC(=O)N2CCOCC2)c(OC(C)C)c1. The van der Waals surface area contributed by atoms with E-state index in [0.29, 0.717) is 59.2 Å². The molecule has 0 unspecified atom stereocenters. The normalized spacial score (nSPS) is 18.3. The van der Waals surface area contributed by atoms with Crippen LogP contribution in [0.3, 0.4) is 0 Å². The Kier molecular flexibility index (Phi) is 10.3. The lowest BCUT2D eigenvalue weighted by Crippen LogP contribution is -2.46. The van der Waals surface area contributed by atoms with Crippen molar-refractivity contribution in [2.24, 2.45) is 4.99 Å². The van der Waals surface area contributed by atoms with Crippen LogP contribution in [0.5, 0.6) is 11.5 Å². The number of aliphatic imine (C=N–C) groups is 1. The molecular formula is C33H36Cl2N4O5. The minimum atomic E-state index is -0.535. The maximum Gasteiger partial charge on any atom is 0.323 e. The fourth-order valence-electron chi connectivity index (χ4n) is 5.37. The highest BCUT2D eigenvalue weighted by molar-refractivity contribution is 6.30. The van der Waals surface area contributed by atoms with Gasteiger partial charge in [0.15, 0.2) is 0 Å². The molecule has 0 aliphatic carbocycles. The average molecular weight is 640 g/mol. The number of carbonyl (C=O) groups is 2. The average Bonchev–Trinajstić information content (AvgIpc) is 3.42. The number of morpholine rings is 1. The lowest BCUT2D eigenvalue weighted by Gasteiger charge is -2.30. The smallest absolute Gasteiger partial charge is 0.323 e. The Bertz CT molecular complexity index is 1490. The lowest BCUT2D eigenvalue weighted by atomic mass is 9.94. The second-order valence-electron chi connectivity index (χ2n) is 10.8. The lowest BCUT2D eigenvalue weighted by molar-refractivity contribution is -0.135. The van der Waals surface area contributed by atoms with Gasteiger partial charge >= 0.3 is 6.03 Å². The molecule has 3 aromatic rings. The van der Waals surface area contributed by atoms with Crippen LogP contribution >= 0.6 is 23.2 Å². The number of amides is 3. The third-order valence-electron chi connectivity index (χ3n) is 7.48. The number of benzene rings is 3. The predicted octanol–water partition coefficient (Wildman–Crippen LogP) is 6.29. The quantitative estimate of drug-likeness (QED) is 0.297. The molecule has 11 heteroatoms. The zero-order valence-electron chi connectivity index (χ0n) is 25.0. The van der Waals surface area contributed by atoms with E-state index >= 15 is 0 Å². The van der Waals surface area contributed by atoms with Crippen LogP contribution in [-0.2, 0) is 9.53 Å². The molecule has 1 N–H and O–H groups in total. The van der Waals surface area contributed by atoms with Gasteiger partial charge in [-0.05, 0) is 61.4 Å². The summed E-state index contributed by atoms with van der Waals surface area (Å²) in [5.74, 6) is 1.55. The van der Waals surface area contributed by atoms with E-state index in [-0.39, 0.29) is 31.0 Å². The topological polar surface area (TPSA) is 92.7 Å². The molecule has 44 heavy (non-hydrogen) atoms. The summed E-state index contributed by atoms with van der Waals surface area (Å²) in [7, 11) is 1.59. The summed E-state index contributed by atoms with van der Waals surface area (Å²) in [6, 6.07) is 18.9. The first-order chi connectivity index (χ1) is 21.2. The molecule has 1 saturated heterocycles. The van der Waals surface area contributed by atoms with Crippen molar-refractivity contribution in [1.29, 1.82) is 0 Å². The van der Waals surface area contributed by atoms with E-state index in [4.69, 9.17) is 42.4 Å². The Morgan fingerprint density at radius 3 is 2.23 bits per heavy atom. The Morgan fingerprint density at radius 1 is 0.977 bits per heavy atom. The number of rotatable bonds is 9. The summed E-state index contributed by atoms with van der Waals surface area (Å²) in [5, 5.41) is 4.16. The molecule has 1 fully saturated rings. The van der Waals surface area contributed by atoms with Gasteiger partial charge in [0, 0.05) is 42.2 Å². The number of urea groups is 1. The van der Waals surface area contributed by atoms with Crippen LogP contribution in [0.1, 0.15) is 49.0 Å². The van der Waals surface area contributed by atoms with Crippen molar-refractivity contribution < 1.29 is 23.8 Å². The number of nitrogens with zero attached hydrogens (tertiary/aromatic N) is 3. The van der Waals surface area contributed by atoms with Gasteiger partial charge in [-0.25, -0.2) is 4.79 Å². The van der Waals surface area contributed by atoms with Crippen molar-refractivity contribution in [3.8, 4) is 11.5 Å². The first-order valence-corrected chi connectivity index (χ1v) is 15.4. The zero-order chi connectivity index (χ0) is 31.2. The predicted molar refractivity (Wildman–Crippen MR) is 171 cm³/mol. The first-order valence-electron chi connectivity index (χ1n) is 14.6. The van der Waals surface area contributed by atoms with Crippen LogP contribution in [0, 0.1) is 0 Å². The van der Waals surface area contributed by atoms with Gasteiger partial charge in [0.1, 0.15) is 23.4 Å². The van der Waals surface area contributed by atoms with E-state index in [1.54, 1.807) is 35.1 Å². The fourth-order valence-corrected chi connectivity index (χ4v) is 5.62. The minimum absolute atomic E-state index is 0.0278. The number of ether oxygens (including phenoxy) is 3. The molecule has 0 spiro atoms. The third-order valence-corrected chi connectivity index (χ3v) is 7.98. The standard InChI is InChI=1S/C33H36Cl2N4O5/c1-21(2)44-28-20-26(42-3)12-13-27(28)32-37-30(22-4-8-24(34)9-5-22)31(23-6-10-25(35)11-7-23)39(32)33(41)36-15-14-29(40)38-16-18-43-19-17-38/h4-13,20-21,30-31H,14-19H2,1-3H3,(H,36,41)/t30-,31+/m1/s1. The van der Waals surface area contributed by atoms with Crippen LogP contribution in [-0.4, -0.2) is 73.6 Å². The molecule has 2 aliphatic heterocycles. The van der Waals surface area contributed by atoms with E-state index in [1.165, 1.54) is 0 Å². The first kappa shape index (κ1) is 31.6. The summed E-state index contributed by atoms with van der Waals surface area (Å²) in [6.07, 6.45) is 0.0261. The zero-order valence-corrected chi connectivity index (χ0v) is 26.5. The van der Waals surface area contributed by atoms with Crippen molar-refractivity contribution in [3.63, 3.8) is 0 Å². The van der Waals surface area contributed by atoms with E-state index < -0.39 is 12.1 Å². The highest BCUT2D eigenvalue weighted by Gasteiger charge is 2.43. The largest absolute Gasteiger partial charge is 0.497 e. The fraction of sp³-hybridized carbons (Fsp3) is 0.364. The van der Waals surface area contributed by atoms with Crippen LogP contribution in [0.2, 0.25) is 10.0 Å². The van der Waals surface area contributed by atoms with Crippen molar-refractivity contribution in [1.82, 2.24) is 15.1 Å². The van der Waals surface area contributed by atoms with Crippen molar-refractivity contribution in [2.75, 3.05) is 40.0 Å². The Hall–Kier alpha value is -3.79. The highest BCUT2D eigenvalue weighted by atomic mass is 35.5. The van der Waals surface area contributed by atoms with Crippen LogP contribution in [0.4, 0.5) is 4.79 Å². The Labute approximate surface area is 267 Å². The molecule has 0 aromatic heterocycles. The number of hydrogen-bond acceptors (Lipinski definition) is 6. The van der Waals surface area contributed by atoms with Gasteiger partial charge in [0.25, 0.3) is 0 Å². The number of nitrogens with one attached hydrogen (secondary N) is 1. The van der Waals surface area contributed by atoms with E-state index in [2.05, 4.69) is 5.32 Å². The third kappa shape index (κ3) is 7.29. The van der Waals surface area contributed by atoms with Crippen LogP contribution < -0.4 is 14.8 Å². The van der Waals surface area contributed by atoms with E-state index in [9.17, 15) is 9.59 Å². The molecule has 3 amide bonds. The summed E-state index contributed by atoms with van der Waals surface area (Å²) in [6.45, 7) is 6.16. The second-order valence-corrected chi connectivity index (χ2v) is 11.7. The highest BCUT2D eigenvalue weighted by Crippen LogP contribution is 2.45. The molecule has 3 aromatic carbocycles. The molecule has 2 aliphatic rings. The van der Waals surface area contributed by atoms with Gasteiger partial charge in [-0.3, -0.25) is 14.7 Å². The summed E-state index contributed by atoms with van der Waals surface area (Å²) in [4.78, 5) is 35.6. The van der Waals surface area contributed by atoms with E-state index in [1.807, 2.05) is 62.4 Å². The van der Waals surface area contributed by atoms with Gasteiger partial charge in [0.05, 0.1) is 38.0 Å². The molecule has 232 valence electrons. The molecule has 5 rings (SSSR count). The number of carbonyl (C=O) groups excluding carboxylic acids is 2. The number of halogens is 2. The van der Waals surface area contributed by atoms with Crippen LogP contribution in [0.25, 0.3) is 0 Å². The summed E-state index contributed by atoms with van der Waals surface area (Å²) in [5.41, 5.74) is 2.35. The van der Waals surface area contributed by atoms with Gasteiger partial charge < -0.3 is 24.4 Å². The van der Waals surface area contributed by atoms with Crippen molar-refractivity contribution in [2.45, 2.75) is 38.5 Å². The maximum atomic E-state index is 14.2. The van der Waals surface area contributed by atoms with Gasteiger partial charge in [-0.15, -0.1) is 0 Å². The molecule has 2 heterocycles. The molecule has 2 atom stereocenters. The molecule has 0 saturated carbocycles. The van der Waals surface area contributed by atoms with Crippen molar-refractivity contribution in [3.05, 3.63) is 93.5 Å². The minimum Gasteiger partial charge on any atom is -0.497 e. The Morgan fingerprint density at radius 2 is 1.61 bits per heavy atom. The molecule has 9 nitrogen and oxygen atoms in total.